The molecule has 2 N–H and O–H groups in total. The van der Waals surface area contributed by atoms with E-state index in [-0.39, 0.29) is 30.7 Å². The van der Waals surface area contributed by atoms with Crippen molar-refractivity contribution in [2.45, 2.75) is 26.3 Å². The lowest BCUT2D eigenvalue weighted by molar-refractivity contribution is -0.126. The summed E-state index contributed by atoms with van der Waals surface area (Å²) in [5.74, 6) is -0.324. The number of nitrogens with zero attached hydrogens (tertiary/aromatic N) is 1. The van der Waals surface area contributed by atoms with Gasteiger partial charge in [-0.25, -0.2) is 0 Å². The third-order valence-corrected chi connectivity index (χ3v) is 6.00. The molecule has 7 nitrogen and oxygen atoms in total. The molecule has 1 fully saturated rings. The Kier molecular flexibility index (Phi) is 7.77. The molecule has 1 saturated heterocycles. The fourth-order valence-corrected chi connectivity index (χ4v) is 4.07. The fourth-order valence-electron chi connectivity index (χ4n) is 4.07. The Balaban J connectivity index is 1.27. The molecule has 1 heterocycles. The molecular formula is C28H29N3O4. The standard InChI is InChI=1S/C28H29N3O4/c1-2-21-10-6-7-11-25(21)30-26(32)19-35-24-14-12-23(13-15-24)31-18-22(16-27(31)33)28(34)29-17-20-8-4-3-5-9-20/h3-15,22H,2,16-19H2,1H3,(H,29,34)(H,30,32)/t22-/m1/s1. The summed E-state index contributed by atoms with van der Waals surface area (Å²) in [6.07, 6.45) is 1.00. The van der Waals surface area contributed by atoms with E-state index in [0.717, 1.165) is 23.2 Å². The lowest BCUT2D eigenvalue weighted by Crippen LogP contribution is -2.32. The van der Waals surface area contributed by atoms with Crippen LogP contribution < -0.4 is 20.3 Å². The largest absolute Gasteiger partial charge is 0.484 e. The Hall–Kier alpha value is -4.13. The van der Waals surface area contributed by atoms with Crippen LogP contribution in [0.25, 0.3) is 0 Å². The van der Waals surface area contributed by atoms with Gasteiger partial charge >= 0.3 is 0 Å². The van der Waals surface area contributed by atoms with Gasteiger partial charge in [0.1, 0.15) is 5.75 Å². The highest BCUT2D eigenvalue weighted by molar-refractivity contribution is 6.00. The minimum absolute atomic E-state index is 0.0903. The molecular weight excluding hydrogens is 442 g/mol. The van der Waals surface area contributed by atoms with Gasteiger partial charge < -0.3 is 20.3 Å². The molecule has 3 aromatic carbocycles. The minimum Gasteiger partial charge on any atom is -0.484 e. The molecule has 35 heavy (non-hydrogen) atoms. The summed E-state index contributed by atoms with van der Waals surface area (Å²) >= 11 is 0. The van der Waals surface area contributed by atoms with Gasteiger partial charge in [0.25, 0.3) is 5.91 Å². The molecule has 1 aliphatic heterocycles. The lowest BCUT2D eigenvalue weighted by Gasteiger charge is -2.17. The molecule has 0 unspecified atom stereocenters. The number of hydrogen-bond acceptors (Lipinski definition) is 4. The molecule has 7 heteroatoms. The number of anilines is 2. The summed E-state index contributed by atoms with van der Waals surface area (Å²) in [6, 6.07) is 24.3. The Labute approximate surface area is 205 Å². The summed E-state index contributed by atoms with van der Waals surface area (Å²) in [5.41, 5.74) is 3.56. The van der Waals surface area contributed by atoms with Crippen molar-refractivity contribution in [1.82, 2.24) is 5.32 Å². The fraction of sp³-hybridized carbons (Fsp3) is 0.250. The summed E-state index contributed by atoms with van der Waals surface area (Å²) in [5, 5.41) is 5.79. The first-order valence-electron chi connectivity index (χ1n) is 11.8. The monoisotopic (exact) mass is 471 g/mol. The number of carbonyl (C=O) groups is 3. The van der Waals surface area contributed by atoms with Crippen LogP contribution in [0, 0.1) is 5.92 Å². The summed E-state index contributed by atoms with van der Waals surface area (Å²) in [4.78, 5) is 39.0. The van der Waals surface area contributed by atoms with E-state index in [2.05, 4.69) is 10.6 Å². The maximum atomic E-state index is 12.6. The van der Waals surface area contributed by atoms with Crippen LogP contribution >= 0.6 is 0 Å². The zero-order valence-electron chi connectivity index (χ0n) is 19.7. The van der Waals surface area contributed by atoms with E-state index < -0.39 is 5.92 Å². The van der Waals surface area contributed by atoms with Crippen LogP contribution in [0.1, 0.15) is 24.5 Å². The molecule has 4 rings (SSSR count). The highest BCUT2D eigenvalue weighted by Gasteiger charge is 2.35. The average Bonchev–Trinajstić information content (AvgIpc) is 3.29. The zero-order chi connectivity index (χ0) is 24.6. The molecule has 1 atom stereocenters. The maximum Gasteiger partial charge on any atom is 0.262 e. The van der Waals surface area contributed by atoms with Gasteiger partial charge in [-0.1, -0.05) is 55.5 Å². The topological polar surface area (TPSA) is 87.7 Å². The molecule has 0 aromatic heterocycles. The smallest absolute Gasteiger partial charge is 0.262 e. The van der Waals surface area contributed by atoms with Gasteiger partial charge in [0.05, 0.1) is 5.92 Å². The van der Waals surface area contributed by atoms with Crippen molar-refractivity contribution in [3.8, 4) is 5.75 Å². The number of nitrogens with one attached hydrogen (secondary N) is 2. The van der Waals surface area contributed by atoms with Crippen molar-refractivity contribution in [3.63, 3.8) is 0 Å². The number of aryl methyl sites for hydroxylation is 1. The second kappa shape index (κ2) is 11.3. The van der Waals surface area contributed by atoms with Crippen LogP contribution in [-0.2, 0) is 27.3 Å². The highest BCUT2D eigenvalue weighted by atomic mass is 16.5. The van der Waals surface area contributed by atoms with Gasteiger partial charge in [-0.15, -0.1) is 0 Å². The third-order valence-electron chi connectivity index (χ3n) is 6.00. The van der Waals surface area contributed by atoms with Crippen LogP contribution in [-0.4, -0.2) is 30.9 Å². The van der Waals surface area contributed by atoms with Crippen LogP contribution in [0.2, 0.25) is 0 Å². The van der Waals surface area contributed by atoms with Crippen molar-refractivity contribution in [1.29, 1.82) is 0 Å². The van der Waals surface area contributed by atoms with Gasteiger partial charge in [-0.2, -0.15) is 0 Å². The molecule has 0 aliphatic carbocycles. The maximum absolute atomic E-state index is 12.6. The summed E-state index contributed by atoms with van der Waals surface area (Å²) in [6.45, 7) is 2.68. The van der Waals surface area contributed by atoms with E-state index in [1.165, 1.54) is 0 Å². The van der Waals surface area contributed by atoms with Crippen molar-refractivity contribution < 1.29 is 19.1 Å². The zero-order valence-corrected chi connectivity index (χ0v) is 19.7. The van der Waals surface area contributed by atoms with E-state index in [1.807, 2.05) is 61.5 Å². The summed E-state index contributed by atoms with van der Waals surface area (Å²) in [7, 11) is 0. The third kappa shape index (κ3) is 6.26. The minimum atomic E-state index is -0.392. The van der Waals surface area contributed by atoms with E-state index in [1.54, 1.807) is 29.2 Å². The van der Waals surface area contributed by atoms with Crippen molar-refractivity contribution in [3.05, 3.63) is 90.0 Å². The van der Waals surface area contributed by atoms with Gasteiger partial charge in [0.2, 0.25) is 11.8 Å². The van der Waals surface area contributed by atoms with Gasteiger partial charge in [0.15, 0.2) is 6.61 Å². The molecule has 180 valence electrons. The van der Waals surface area contributed by atoms with Gasteiger partial charge in [-0.05, 0) is 47.9 Å². The molecule has 0 radical (unpaired) electrons. The quantitative estimate of drug-likeness (QED) is 0.495. The van der Waals surface area contributed by atoms with Crippen molar-refractivity contribution in [2.75, 3.05) is 23.4 Å². The highest BCUT2D eigenvalue weighted by Crippen LogP contribution is 2.27. The normalized spacial score (nSPS) is 15.1. The number of amides is 3. The number of benzene rings is 3. The Morgan fingerprint density at radius 3 is 2.43 bits per heavy atom. The number of hydrogen-bond donors (Lipinski definition) is 2. The molecule has 1 aliphatic rings. The first-order valence-corrected chi connectivity index (χ1v) is 11.8. The average molecular weight is 472 g/mol. The SMILES string of the molecule is CCc1ccccc1NC(=O)COc1ccc(N2C[C@H](C(=O)NCc3ccccc3)CC2=O)cc1. The molecule has 0 bridgehead atoms. The Morgan fingerprint density at radius 2 is 1.69 bits per heavy atom. The second-order valence-electron chi connectivity index (χ2n) is 8.45. The predicted molar refractivity (Wildman–Crippen MR) is 135 cm³/mol. The number of carbonyl (C=O) groups excluding carboxylic acids is 3. The second-order valence-corrected chi connectivity index (χ2v) is 8.45. The van der Waals surface area contributed by atoms with E-state index >= 15 is 0 Å². The Morgan fingerprint density at radius 1 is 0.971 bits per heavy atom. The first-order chi connectivity index (χ1) is 17.0. The summed E-state index contributed by atoms with van der Waals surface area (Å²) < 4.78 is 5.61. The van der Waals surface area contributed by atoms with E-state index in [4.69, 9.17) is 4.74 Å². The number of rotatable bonds is 9. The van der Waals surface area contributed by atoms with Crippen molar-refractivity contribution in [2.24, 2.45) is 5.92 Å². The predicted octanol–water partition coefficient (Wildman–Crippen LogP) is 3.94. The lowest BCUT2D eigenvalue weighted by atomic mass is 10.1. The van der Waals surface area contributed by atoms with Gasteiger partial charge in [0, 0.05) is 30.9 Å². The first kappa shape index (κ1) is 24.0. The van der Waals surface area contributed by atoms with Crippen LogP contribution in [0.5, 0.6) is 5.75 Å². The number of ether oxygens (including phenoxy) is 1. The van der Waals surface area contributed by atoms with E-state index in [9.17, 15) is 14.4 Å². The molecule has 3 amide bonds. The molecule has 0 saturated carbocycles. The van der Waals surface area contributed by atoms with Crippen molar-refractivity contribution >= 4 is 29.1 Å². The van der Waals surface area contributed by atoms with E-state index in [0.29, 0.717) is 24.5 Å². The van der Waals surface area contributed by atoms with Crippen LogP contribution in [0.3, 0.4) is 0 Å². The molecule has 0 spiro atoms. The molecule has 3 aromatic rings. The van der Waals surface area contributed by atoms with Crippen LogP contribution in [0.4, 0.5) is 11.4 Å². The number of para-hydroxylation sites is 1. The van der Waals surface area contributed by atoms with Crippen LogP contribution in [0.15, 0.2) is 78.9 Å². The van der Waals surface area contributed by atoms with Gasteiger partial charge in [-0.3, -0.25) is 14.4 Å². The Bertz CT molecular complexity index is 1180.